The van der Waals surface area contributed by atoms with E-state index in [2.05, 4.69) is 69.8 Å². The number of carbonyl (C=O) groups is 1. The van der Waals surface area contributed by atoms with Gasteiger partial charge in [0, 0.05) is 67.8 Å². The Morgan fingerprint density at radius 2 is 1.60 bits per heavy atom. The van der Waals surface area contributed by atoms with Gasteiger partial charge in [-0.15, -0.1) is 0 Å². The van der Waals surface area contributed by atoms with Crippen molar-refractivity contribution in [2.45, 2.75) is 19.9 Å². The number of nitrogens with one attached hydrogen (secondary N) is 1. The summed E-state index contributed by atoms with van der Waals surface area (Å²) in [7, 11) is 2.09. The lowest BCUT2D eigenvalue weighted by atomic mass is 10.1. The van der Waals surface area contributed by atoms with Gasteiger partial charge in [0.15, 0.2) is 22.8 Å². The van der Waals surface area contributed by atoms with E-state index in [0.29, 0.717) is 17.2 Å². The topological polar surface area (TPSA) is 91.6 Å². The van der Waals surface area contributed by atoms with Crippen LogP contribution in [0.2, 0.25) is 0 Å². The Balaban J connectivity index is 1.28. The van der Waals surface area contributed by atoms with E-state index in [4.69, 9.17) is 14.7 Å². The van der Waals surface area contributed by atoms with Crippen LogP contribution in [-0.2, 0) is 4.74 Å². The standard InChI is InChI=1S/C30H36N8O2/c1-21(2)38-20-31-26-28(32-24-8-10-25(11-9-24)36-16-18-40-19-17-36)33-27(34-29(26)38)22-4-6-23(7-5-22)30(39)37-14-12-35(3)13-15-37/h4-11,20-21H,12-19H2,1-3H3,(H,32,33,34). The number of anilines is 3. The number of amides is 1. The van der Waals surface area contributed by atoms with Gasteiger partial charge in [-0.2, -0.15) is 0 Å². The molecule has 0 saturated carbocycles. The second kappa shape index (κ2) is 11.2. The molecule has 0 spiro atoms. The Bertz CT molecular complexity index is 1470. The normalized spacial score (nSPS) is 16.6. The predicted octanol–water partition coefficient (Wildman–Crippen LogP) is 4.04. The molecule has 6 rings (SSSR count). The Labute approximate surface area is 234 Å². The summed E-state index contributed by atoms with van der Waals surface area (Å²) in [6.45, 7) is 10.8. The minimum atomic E-state index is 0.0665. The zero-order valence-corrected chi connectivity index (χ0v) is 23.4. The Hall–Kier alpha value is -4.02. The van der Waals surface area contributed by atoms with Crippen LogP contribution < -0.4 is 10.2 Å². The number of morpholine rings is 1. The fourth-order valence-corrected chi connectivity index (χ4v) is 5.18. The molecule has 0 unspecified atom stereocenters. The number of hydrogen-bond donors (Lipinski definition) is 1. The van der Waals surface area contributed by atoms with Crippen molar-refractivity contribution in [1.82, 2.24) is 29.3 Å². The van der Waals surface area contributed by atoms with E-state index in [1.165, 1.54) is 5.69 Å². The number of benzene rings is 2. The molecule has 4 heterocycles. The van der Waals surface area contributed by atoms with Crippen molar-refractivity contribution < 1.29 is 9.53 Å². The Kier molecular flexibility index (Phi) is 7.36. The Morgan fingerprint density at radius 3 is 2.27 bits per heavy atom. The molecule has 2 fully saturated rings. The lowest BCUT2D eigenvalue weighted by molar-refractivity contribution is 0.0664. The second-order valence-corrected chi connectivity index (χ2v) is 10.8. The van der Waals surface area contributed by atoms with Crippen LogP contribution in [0.15, 0.2) is 54.9 Å². The summed E-state index contributed by atoms with van der Waals surface area (Å²) in [5.74, 6) is 1.30. The highest BCUT2D eigenvalue weighted by Gasteiger charge is 2.21. The van der Waals surface area contributed by atoms with Gasteiger partial charge in [-0.25, -0.2) is 15.0 Å². The van der Waals surface area contributed by atoms with Crippen LogP contribution in [0.3, 0.4) is 0 Å². The summed E-state index contributed by atoms with van der Waals surface area (Å²) in [4.78, 5) is 34.0. The van der Waals surface area contributed by atoms with Gasteiger partial charge in [0.2, 0.25) is 0 Å². The van der Waals surface area contributed by atoms with E-state index >= 15 is 0 Å². The molecule has 10 heteroatoms. The largest absolute Gasteiger partial charge is 0.378 e. The first-order valence-corrected chi connectivity index (χ1v) is 14.0. The van der Waals surface area contributed by atoms with E-state index < -0.39 is 0 Å². The number of nitrogens with zero attached hydrogens (tertiary/aromatic N) is 7. The SMILES string of the molecule is CC(C)n1cnc2c(Nc3ccc(N4CCOCC4)cc3)nc(-c3ccc(C(=O)N4CCN(C)CC4)cc3)nc21. The molecule has 0 aliphatic carbocycles. The van der Waals surface area contributed by atoms with Crippen LogP contribution in [0, 0.1) is 0 Å². The van der Waals surface area contributed by atoms with E-state index in [9.17, 15) is 4.79 Å². The van der Waals surface area contributed by atoms with Crippen molar-refractivity contribution >= 4 is 34.3 Å². The van der Waals surface area contributed by atoms with Crippen LogP contribution in [0.1, 0.15) is 30.2 Å². The third-order valence-electron chi connectivity index (χ3n) is 7.66. The van der Waals surface area contributed by atoms with Crippen LogP contribution in [0.5, 0.6) is 0 Å². The van der Waals surface area contributed by atoms with Gasteiger partial charge >= 0.3 is 0 Å². The molecule has 0 radical (unpaired) electrons. The third kappa shape index (κ3) is 5.37. The monoisotopic (exact) mass is 540 g/mol. The fraction of sp³-hybridized carbons (Fsp3) is 0.400. The third-order valence-corrected chi connectivity index (χ3v) is 7.66. The molecule has 0 bridgehead atoms. The van der Waals surface area contributed by atoms with Gasteiger partial charge < -0.3 is 29.3 Å². The van der Waals surface area contributed by atoms with Crippen molar-refractivity contribution in [3.05, 3.63) is 60.4 Å². The number of likely N-dealkylation sites (N-methyl/N-ethyl adjacent to an activating group) is 1. The average molecular weight is 541 g/mol. The maximum atomic E-state index is 13.0. The van der Waals surface area contributed by atoms with Crippen LogP contribution in [-0.4, -0.2) is 94.8 Å². The maximum Gasteiger partial charge on any atom is 0.253 e. The lowest BCUT2D eigenvalue weighted by Crippen LogP contribution is -2.47. The summed E-state index contributed by atoms with van der Waals surface area (Å²) in [5, 5.41) is 3.48. The molecule has 208 valence electrons. The summed E-state index contributed by atoms with van der Waals surface area (Å²) >= 11 is 0. The molecule has 2 aliphatic rings. The Morgan fingerprint density at radius 1 is 0.900 bits per heavy atom. The van der Waals surface area contributed by atoms with Gasteiger partial charge in [0.1, 0.15) is 0 Å². The minimum absolute atomic E-state index is 0.0665. The van der Waals surface area contributed by atoms with Crippen molar-refractivity contribution in [1.29, 1.82) is 0 Å². The zero-order chi connectivity index (χ0) is 27.6. The van der Waals surface area contributed by atoms with Crippen LogP contribution >= 0.6 is 0 Å². The number of ether oxygens (including phenoxy) is 1. The number of aromatic nitrogens is 4. The van der Waals surface area contributed by atoms with Gasteiger partial charge in [0.25, 0.3) is 5.91 Å². The lowest BCUT2D eigenvalue weighted by Gasteiger charge is -2.32. The van der Waals surface area contributed by atoms with E-state index in [0.717, 1.165) is 74.9 Å². The van der Waals surface area contributed by atoms with Gasteiger partial charge in [-0.1, -0.05) is 12.1 Å². The first-order chi connectivity index (χ1) is 19.5. The summed E-state index contributed by atoms with van der Waals surface area (Å²) in [6.07, 6.45) is 1.82. The molecule has 1 amide bonds. The molecule has 10 nitrogen and oxygen atoms in total. The fourth-order valence-electron chi connectivity index (χ4n) is 5.18. The molecular formula is C30H36N8O2. The number of hydrogen-bond acceptors (Lipinski definition) is 8. The maximum absolute atomic E-state index is 13.0. The van der Waals surface area contributed by atoms with E-state index in [1.807, 2.05) is 35.5 Å². The number of piperazine rings is 1. The highest BCUT2D eigenvalue weighted by molar-refractivity contribution is 5.95. The number of imidazole rings is 1. The van der Waals surface area contributed by atoms with Crippen molar-refractivity contribution in [3.63, 3.8) is 0 Å². The summed E-state index contributed by atoms with van der Waals surface area (Å²) in [5.41, 5.74) is 5.12. The molecular weight excluding hydrogens is 504 g/mol. The highest BCUT2D eigenvalue weighted by atomic mass is 16.5. The van der Waals surface area contributed by atoms with E-state index in [-0.39, 0.29) is 11.9 Å². The molecule has 2 aliphatic heterocycles. The van der Waals surface area contributed by atoms with Crippen molar-refractivity contribution in [3.8, 4) is 11.4 Å². The molecule has 1 N–H and O–H groups in total. The highest BCUT2D eigenvalue weighted by Crippen LogP contribution is 2.29. The molecule has 2 saturated heterocycles. The molecule has 2 aromatic heterocycles. The first-order valence-electron chi connectivity index (χ1n) is 14.0. The van der Waals surface area contributed by atoms with Crippen molar-refractivity contribution in [2.75, 3.05) is 69.7 Å². The van der Waals surface area contributed by atoms with E-state index in [1.54, 1.807) is 0 Å². The number of fused-ring (bicyclic) bond motifs is 1. The second-order valence-electron chi connectivity index (χ2n) is 10.8. The van der Waals surface area contributed by atoms with Gasteiger partial charge in [-0.3, -0.25) is 4.79 Å². The van der Waals surface area contributed by atoms with Gasteiger partial charge in [0.05, 0.1) is 19.5 Å². The van der Waals surface area contributed by atoms with Crippen LogP contribution in [0.25, 0.3) is 22.6 Å². The number of carbonyl (C=O) groups excluding carboxylic acids is 1. The van der Waals surface area contributed by atoms with Crippen molar-refractivity contribution in [2.24, 2.45) is 0 Å². The quantitative estimate of drug-likeness (QED) is 0.392. The number of rotatable bonds is 6. The summed E-state index contributed by atoms with van der Waals surface area (Å²) in [6, 6.07) is 16.2. The minimum Gasteiger partial charge on any atom is -0.378 e. The average Bonchev–Trinajstić information content (AvgIpc) is 3.43. The molecule has 2 aromatic carbocycles. The van der Waals surface area contributed by atoms with Crippen LogP contribution in [0.4, 0.5) is 17.2 Å². The molecule has 4 aromatic rings. The smallest absolute Gasteiger partial charge is 0.253 e. The predicted molar refractivity (Wildman–Crippen MR) is 157 cm³/mol. The molecule has 0 atom stereocenters. The van der Waals surface area contributed by atoms with Gasteiger partial charge in [-0.05, 0) is 57.3 Å². The zero-order valence-electron chi connectivity index (χ0n) is 23.4. The summed E-state index contributed by atoms with van der Waals surface area (Å²) < 4.78 is 7.54. The molecule has 40 heavy (non-hydrogen) atoms. The first kappa shape index (κ1) is 26.2.